The van der Waals surface area contributed by atoms with Crippen LogP contribution in [0.4, 0.5) is 4.79 Å². The lowest BCUT2D eigenvalue weighted by Gasteiger charge is -2.07. The smallest absolute Gasteiger partial charge is 0.332 e. The molecule has 4 N–H and O–H groups in total. The van der Waals surface area contributed by atoms with Crippen molar-refractivity contribution in [3.05, 3.63) is 65.7 Å². The molecular formula is C14H13N3O2. The first-order valence-corrected chi connectivity index (χ1v) is 5.65. The van der Waals surface area contributed by atoms with Crippen LogP contribution in [0.5, 0.6) is 5.75 Å². The first-order chi connectivity index (χ1) is 9.16. The van der Waals surface area contributed by atoms with E-state index in [0.29, 0.717) is 5.71 Å². The number of hydrogen-bond acceptors (Lipinski definition) is 3. The molecule has 0 heterocycles. The predicted molar refractivity (Wildman–Crippen MR) is 72.9 cm³/mol. The molecule has 0 aliphatic rings. The van der Waals surface area contributed by atoms with Gasteiger partial charge in [0.05, 0.1) is 5.71 Å². The van der Waals surface area contributed by atoms with E-state index in [1.165, 1.54) is 0 Å². The summed E-state index contributed by atoms with van der Waals surface area (Å²) in [6.45, 7) is 0. The summed E-state index contributed by atoms with van der Waals surface area (Å²) in [5.74, 6) is 0.166. The number of aromatic hydroxyl groups is 1. The van der Waals surface area contributed by atoms with Gasteiger partial charge in [-0.25, -0.2) is 10.2 Å². The van der Waals surface area contributed by atoms with Crippen LogP contribution in [0.3, 0.4) is 0 Å². The molecule has 0 bridgehead atoms. The quantitative estimate of drug-likeness (QED) is 0.577. The predicted octanol–water partition coefficient (Wildman–Crippen LogP) is 1.81. The number of primary amides is 1. The lowest BCUT2D eigenvalue weighted by molar-refractivity contribution is 0.249. The van der Waals surface area contributed by atoms with Gasteiger partial charge < -0.3 is 10.8 Å². The van der Waals surface area contributed by atoms with Gasteiger partial charge in [0.15, 0.2) is 0 Å². The number of nitrogens with one attached hydrogen (secondary N) is 1. The van der Waals surface area contributed by atoms with Gasteiger partial charge in [-0.3, -0.25) is 0 Å². The summed E-state index contributed by atoms with van der Waals surface area (Å²) in [7, 11) is 0. The Bertz CT molecular complexity index is 592. The minimum absolute atomic E-state index is 0.166. The summed E-state index contributed by atoms with van der Waals surface area (Å²) in [6, 6.07) is 15.2. The third-order valence-corrected chi connectivity index (χ3v) is 2.47. The van der Waals surface area contributed by atoms with E-state index in [2.05, 4.69) is 10.5 Å². The third-order valence-electron chi connectivity index (χ3n) is 2.47. The van der Waals surface area contributed by atoms with E-state index in [-0.39, 0.29) is 5.75 Å². The molecule has 2 aromatic carbocycles. The number of urea groups is 1. The van der Waals surface area contributed by atoms with Crippen molar-refractivity contribution in [2.24, 2.45) is 10.8 Å². The zero-order valence-corrected chi connectivity index (χ0v) is 10.1. The fraction of sp³-hybridized carbons (Fsp3) is 0. The number of carbonyl (C=O) groups is 1. The van der Waals surface area contributed by atoms with Gasteiger partial charge >= 0.3 is 6.03 Å². The minimum atomic E-state index is -0.729. The molecular weight excluding hydrogens is 242 g/mol. The molecule has 0 aliphatic carbocycles. The van der Waals surface area contributed by atoms with E-state index in [0.717, 1.165) is 11.1 Å². The molecule has 0 radical (unpaired) electrons. The summed E-state index contributed by atoms with van der Waals surface area (Å²) in [5, 5.41) is 13.3. The largest absolute Gasteiger partial charge is 0.508 e. The Morgan fingerprint density at radius 3 is 2.16 bits per heavy atom. The second kappa shape index (κ2) is 5.68. The van der Waals surface area contributed by atoms with Crippen LogP contribution in [0.1, 0.15) is 11.1 Å². The van der Waals surface area contributed by atoms with Crippen molar-refractivity contribution in [3.63, 3.8) is 0 Å². The molecule has 0 aromatic heterocycles. The number of benzene rings is 2. The highest BCUT2D eigenvalue weighted by Crippen LogP contribution is 2.14. The topological polar surface area (TPSA) is 87.7 Å². The fourth-order valence-corrected chi connectivity index (χ4v) is 1.62. The van der Waals surface area contributed by atoms with Gasteiger partial charge in [-0.05, 0) is 24.3 Å². The molecule has 0 spiro atoms. The zero-order valence-electron chi connectivity index (χ0n) is 10.1. The molecule has 2 aromatic rings. The number of nitrogens with two attached hydrogens (primary N) is 1. The van der Waals surface area contributed by atoms with Gasteiger partial charge in [0.2, 0.25) is 0 Å². The summed E-state index contributed by atoms with van der Waals surface area (Å²) in [4.78, 5) is 10.8. The lowest BCUT2D eigenvalue weighted by atomic mass is 10.0. The van der Waals surface area contributed by atoms with Crippen molar-refractivity contribution in [2.75, 3.05) is 0 Å². The van der Waals surface area contributed by atoms with Crippen LogP contribution in [0, 0.1) is 0 Å². The number of nitrogens with zero attached hydrogens (tertiary/aromatic N) is 1. The molecule has 2 amide bonds. The molecule has 19 heavy (non-hydrogen) atoms. The second-order valence-electron chi connectivity index (χ2n) is 3.85. The van der Waals surface area contributed by atoms with Gasteiger partial charge in [-0.15, -0.1) is 0 Å². The van der Waals surface area contributed by atoms with E-state index in [1.54, 1.807) is 24.3 Å². The SMILES string of the molecule is NC(=O)N/N=C(\c1ccccc1)c1ccc(O)cc1. The highest BCUT2D eigenvalue weighted by Gasteiger charge is 2.07. The monoisotopic (exact) mass is 255 g/mol. The second-order valence-corrected chi connectivity index (χ2v) is 3.85. The van der Waals surface area contributed by atoms with Crippen molar-refractivity contribution in [1.29, 1.82) is 0 Å². The molecule has 5 heteroatoms. The number of hydrazone groups is 1. The molecule has 0 atom stereocenters. The van der Waals surface area contributed by atoms with Gasteiger partial charge in [0.1, 0.15) is 5.75 Å². The maximum atomic E-state index is 10.8. The van der Waals surface area contributed by atoms with Gasteiger partial charge in [0.25, 0.3) is 0 Å². The van der Waals surface area contributed by atoms with Gasteiger partial charge in [-0.2, -0.15) is 5.10 Å². The van der Waals surface area contributed by atoms with E-state index >= 15 is 0 Å². The van der Waals surface area contributed by atoms with Crippen LogP contribution in [-0.4, -0.2) is 16.8 Å². The summed E-state index contributed by atoms with van der Waals surface area (Å²) in [6.07, 6.45) is 0. The average molecular weight is 255 g/mol. The molecule has 0 fully saturated rings. The molecule has 5 nitrogen and oxygen atoms in total. The third kappa shape index (κ3) is 3.32. The zero-order chi connectivity index (χ0) is 13.7. The van der Waals surface area contributed by atoms with Crippen LogP contribution in [-0.2, 0) is 0 Å². The first kappa shape index (κ1) is 12.6. The van der Waals surface area contributed by atoms with E-state index in [9.17, 15) is 9.90 Å². The average Bonchev–Trinajstić information content (AvgIpc) is 2.42. The van der Waals surface area contributed by atoms with Crippen molar-refractivity contribution >= 4 is 11.7 Å². The number of hydrogen-bond donors (Lipinski definition) is 3. The Balaban J connectivity index is 2.43. The van der Waals surface area contributed by atoms with Crippen molar-refractivity contribution < 1.29 is 9.90 Å². The Labute approximate surface area is 110 Å². The molecule has 0 unspecified atom stereocenters. The van der Waals surface area contributed by atoms with Gasteiger partial charge in [-0.1, -0.05) is 30.3 Å². The minimum Gasteiger partial charge on any atom is -0.508 e. The highest BCUT2D eigenvalue weighted by atomic mass is 16.3. The Morgan fingerprint density at radius 2 is 1.58 bits per heavy atom. The number of rotatable bonds is 3. The van der Waals surface area contributed by atoms with Crippen LogP contribution < -0.4 is 11.2 Å². The Hall–Kier alpha value is -2.82. The van der Waals surface area contributed by atoms with E-state index < -0.39 is 6.03 Å². The summed E-state index contributed by atoms with van der Waals surface area (Å²) >= 11 is 0. The summed E-state index contributed by atoms with van der Waals surface area (Å²) in [5.41, 5.74) is 9.41. The molecule has 0 saturated heterocycles. The van der Waals surface area contributed by atoms with Crippen molar-refractivity contribution in [1.82, 2.24) is 5.43 Å². The Morgan fingerprint density at radius 1 is 1.00 bits per heavy atom. The standard InChI is InChI=1S/C14H13N3O2/c15-14(19)17-16-13(10-4-2-1-3-5-10)11-6-8-12(18)9-7-11/h1-9,18H,(H3,15,17,19)/b16-13+. The number of amides is 2. The maximum Gasteiger partial charge on any atom is 0.332 e. The molecule has 0 saturated carbocycles. The number of phenolic OH excluding ortho intramolecular Hbond substituents is 1. The van der Waals surface area contributed by atoms with Gasteiger partial charge in [0, 0.05) is 11.1 Å². The van der Waals surface area contributed by atoms with Crippen LogP contribution >= 0.6 is 0 Å². The van der Waals surface area contributed by atoms with Crippen molar-refractivity contribution in [3.8, 4) is 5.75 Å². The molecule has 96 valence electrons. The highest BCUT2D eigenvalue weighted by molar-refractivity contribution is 6.13. The van der Waals surface area contributed by atoms with E-state index in [4.69, 9.17) is 5.73 Å². The molecule has 2 rings (SSSR count). The molecule has 0 aliphatic heterocycles. The van der Waals surface area contributed by atoms with Crippen molar-refractivity contribution in [2.45, 2.75) is 0 Å². The fourth-order valence-electron chi connectivity index (χ4n) is 1.62. The first-order valence-electron chi connectivity index (χ1n) is 5.65. The Kier molecular flexibility index (Phi) is 3.78. The van der Waals surface area contributed by atoms with Crippen LogP contribution in [0.2, 0.25) is 0 Å². The normalized spacial score (nSPS) is 11.1. The number of phenols is 1. The van der Waals surface area contributed by atoms with Crippen LogP contribution in [0.25, 0.3) is 0 Å². The van der Waals surface area contributed by atoms with E-state index in [1.807, 2.05) is 30.3 Å². The van der Waals surface area contributed by atoms with Crippen LogP contribution in [0.15, 0.2) is 59.7 Å². The summed E-state index contributed by atoms with van der Waals surface area (Å²) < 4.78 is 0. The maximum absolute atomic E-state index is 10.8. The number of carbonyl (C=O) groups excluding carboxylic acids is 1. The lowest BCUT2D eigenvalue weighted by Crippen LogP contribution is -2.26.